The van der Waals surface area contributed by atoms with Gasteiger partial charge in [-0.2, -0.15) is 0 Å². The molecule has 2 aliphatic heterocycles. The van der Waals surface area contributed by atoms with E-state index in [0.717, 1.165) is 42.6 Å². The van der Waals surface area contributed by atoms with Crippen LogP contribution in [0.15, 0.2) is 36.4 Å². The SMILES string of the molecule is O=C(c1c(F)cccc1F)N1CCC(C(=O)N2CCCCc3cc(Cl)ccc32)CC1. The van der Waals surface area contributed by atoms with Crippen molar-refractivity contribution in [3.05, 3.63) is 64.2 Å². The predicted octanol–water partition coefficient (Wildman–Crippen LogP) is 4.84. The Labute approximate surface area is 179 Å². The summed E-state index contributed by atoms with van der Waals surface area (Å²) in [5.41, 5.74) is 1.46. The first-order valence-corrected chi connectivity index (χ1v) is 10.7. The summed E-state index contributed by atoms with van der Waals surface area (Å²) < 4.78 is 27.9. The van der Waals surface area contributed by atoms with Crippen LogP contribution in [0.1, 0.15) is 41.6 Å². The maximum absolute atomic E-state index is 14.0. The zero-order chi connectivity index (χ0) is 21.3. The molecule has 7 heteroatoms. The van der Waals surface area contributed by atoms with Crippen LogP contribution >= 0.6 is 11.6 Å². The predicted molar refractivity (Wildman–Crippen MR) is 112 cm³/mol. The minimum absolute atomic E-state index is 0.0460. The number of nitrogens with zero attached hydrogens (tertiary/aromatic N) is 2. The Morgan fingerprint density at radius 1 is 0.967 bits per heavy atom. The van der Waals surface area contributed by atoms with E-state index in [4.69, 9.17) is 11.6 Å². The zero-order valence-corrected chi connectivity index (χ0v) is 17.3. The zero-order valence-electron chi connectivity index (χ0n) is 16.5. The van der Waals surface area contributed by atoms with Gasteiger partial charge >= 0.3 is 0 Å². The summed E-state index contributed by atoms with van der Waals surface area (Å²) in [6, 6.07) is 9.02. The molecule has 2 amide bonds. The lowest BCUT2D eigenvalue weighted by Gasteiger charge is -2.34. The fraction of sp³-hybridized carbons (Fsp3) is 0.391. The van der Waals surface area contributed by atoms with E-state index in [9.17, 15) is 18.4 Å². The van der Waals surface area contributed by atoms with Crippen LogP contribution in [0.2, 0.25) is 5.02 Å². The number of aryl methyl sites for hydroxylation is 1. The van der Waals surface area contributed by atoms with E-state index in [1.165, 1.54) is 11.0 Å². The average molecular weight is 433 g/mol. The molecule has 0 aliphatic carbocycles. The van der Waals surface area contributed by atoms with Gasteiger partial charge in [0, 0.05) is 36.3 Å². The molecule has 1 fully saturated rings. The maximum atomic E-state index is 14.0. The summed E-state index contributed by atoms with van der Waals surface area (Å²) in [7, 11) is 0. The van der Waals surface area contributed by atoms with Crippen LogP contribution in [0.4, 0.5) is 14.5 Å². The standard InChI is InChI=1S/C23H23ClF2N2O2/c24-17-7-8-20-16(14-17)4-1-2-11-28(20)22(29)15-9-12-27(13-10-15)23(30)21-18(25)5-3-6-19(21)26/h3,5-8,14-15H,1-2,4,9-13H2. The van der Waals surface area contributed by atoms with Gasteiger partial charge in [-0.3, -0.25) is 9.59 Å². The molecule has 4 nitrogen and oxygen atoms in total. The summed E-state index contributed by atoms with van der Waals surface area (Å²) in [5, 5.41) is 0.662. The summed E-state index contributed by atoms with van der Waals surface area (Å²) in [5.74, 6) is -2.56. The van der Waals surface area contributed by atoms with E-state index >= 15 is 0 Å². The summed E-state index contributed by atoms with van der Waals surface area (Å²) in [6.45, 7) is 1.25. The van der Waals surface area contributed by atoms with Gasteiger partial charge in [0.25, 0.3) is 5.91 Å². The molecule has 0 bridgehead atoms. The van der Waals surface area contributed by atoms with Gasteiger partial charge in [0.1, 0.15) is 17.2 Å². The molecule has 30 heavy (non-hydrogen) atoms. The highest BCUT2D eigenvalue weighted by Crippen LogP contribution is 2.32. The number of rotatable bonds is 2. The van der Waals surface area contributed by atoms with E-state index < -0.39 is 23.1 Å². The third kappa shape index (κ3) is 4.06. The lowest BCUT2D eigenvalue weighted by molar-refractivity contribution is -0.123. The molecule has 0 N–H and O–H groups in total. The van der Waals surface area contributed by atoms with Crippen molar-refractivity contribution in [2.24, 2.45) is 5.92 Å². The highest BCUT2D eigenvalue weighted by molar-refractivity contribution is 6.30. The second-order valence-electron chi connectivity index (χ2n) is 7.88. The van der Waals surface area contributed by atoms with Crippen molar-refractivity contribution in [3.8, 4) is 0 Å². The quantitative estimate of drug-likeness (QED) is 0.681. The fourth-order valence-corrected chi connectivity index (χ4v) is 4.56. The fourth-order valence-electron chi connectivity index (χ4n) is 4.36. The van der Waals surface area contributed by atoms with Gasteiger partial charge in [-0.15, -0.1) is 0 Å². The summed E-state index contributed by atoms with van der Waals surface area (Å²) in [4.78, 5) is 29.2. The summed E-state index contributed by atoms with van der Waals surface area (Å²) in [6.07, 6.45) is 3.75. The van der Waals surface area contributed by atoms with Crippen molar-refractivity contribution in [3.63, 3.8) is 0 Å². The number of benzene rings is 2. The molecule has 4 rings (SSSR count). The Bertz CT molecular complexity index is 953. The molecule has 2 heterocycles. The maximum Gasteiger partial charge on any atom is 0.259 e. The average Bonchev–Trinajstić information content (AvgIpc) is 2.95. The lowest BCUT2D eigenvalue weighted by atomic mass is 9.94. The normalized spacial score (nSPS) is 17.4. The molecule has 0 atom stereocenters. The van der Waals surface area contributed by atoms with E-state index in [1.807, 2.05) is 17.0 Å². The van der Waals surface area contributed by atoms with Gasteiger partial charge in [-0.1, -0.05) is 17.7 Å². The second-order valence-corrected chi connectivity index (χ2v) is 8.32. The Morgan fingerprint density at radius 3 is 2.37 bits per heavy atom. The molecule has 2 aromatic rings. The van der Waals surface area contributed by atoms with Gasteiger partial charge in [-0.05, 0) is 68.0 Å². The number of anilines is 1. The number of likely N-dealkylation sites (tertiary alicyclic amines) is 1. The first-order valence-electron chi connectivity index (χ1n) is 10.3. The van der Waals surface area contributed by atoms with Gasteiger partial charge in [-0.25, -0.2) is 8.78 Å². The molecule has 0 radical (unpaired) electrons. The largest absolute Gasteiger partial charge is 0.338 e. The number of hydrogen-bond acceptors (Lipinski definition) is 2. The number of carbonyl (C=O) groups excluding carboxylic acids is 2. The number of fused-ring (bicyclic) bond motifs is 1. The minimum Gasteiger partial charge on any atom is -0.338 e. The molecule has 158 valence electrons. The van der Waals surface area contributed by atoms with Crippen LogP contribution in [0, 0.1) is 17.6 Å². The van der Waals surface area contributed by atoms with Crippen molar-refractivity contribution in [2.45, 2.75) is 32.1 Å². The Hall–Kier alpha value is -2.47. The Morgan fingerprint density at radius 2 is 1.67 bits per heavy atom. The van der Waals surface area contributed by atoms with Crippen LogP contribution in [-0.4, -0.2) is 36.3 Å². The van der Waals surface area contributed by atoms with Crippen LogP contribution in [0.25, 0.3) is 0 Å². The highest BCUT2D eigenvalue weighted by Gasteiger charge is 2.33. The molecule has 2 aromatic carbocycles. The van der Waals surface area contributed by atoms with E-state index in [1.54, 1.807) is 6.07 Å². The van der Waals surface area contributed by atoms with Crippen molar-refractivity contribution in [1.29, 1.82) is 0 Å². The number of hydrogen-bond donors (Lipinski definition) is 0. The number of halogens is 3. The molecule has 0 aromatic heterocycles. The van der Waals surface area contributed by atoms with Gasteiger partial charge in [0.05, 0.1) is 0 Å². The Balaban J connectivity index is 1.46. The van der Waals surface area contributed by atoms with Crippen LogP contribution in [0.5, 0.6) is 0 Å². The van der Waals surface area contributed by atoms with Crippen LogP contribution in [-0.2, 0) is 11.2 Å². The van der Waals surface area contributed by atoms with E-state index in [0.29, 0.717) is 37.5 Å². The Kier molecular flexibility index (Phi) is 6.04. The second kappa shape index (κ2) is 8.72. The molecule has 1 saturated heterocycles. The van der Waals surface area contributed by atoms with Crippen LogP contribution in [0.3, 0.4) is 0 Å². The smallest absolute Gasteiger partial charge is 0.259 e. The molecular weight excluding hydrogens is 410 g/mol. The van der Waals surface area contributed by atoms with Gasteiger partial charge in [0.2, 0.25) is 5.91 Å². The molecular formula is C23H23ClF2N2O2. The van der Waals surface area contributed by atoms with E-state index in [2.05, 4.69) is 0 Å². The first-order chi connectivity index (χ1) is 14.5. The first kappa shape index (κ1) is 20.8. The van der Waals surface area contributed by atoms with Gasteiger partial charge < -0.3 is 9.80 Å². The van der Waals surface area contributed by atoms with Crippen molar-refractivity contribution < 1.29 is 18.4 Å². The molecule has 2 aliphatic rings. The van der Waals surface area contributed by atoms with Crippen molar-refractivity contribution in [1.82, 2.24) is 4.90 Å². The minimum atomic E-state index is -0.863. The van der Waals surface area contributed by atoms with Gasteiger partial charge in [0.15, 0.2) is 0 Å². The third-order valence-corrected chi connectivity index (χ3v) is 6.22. The topological polar surface area (TPSA) is 40.6 Å². The van der Waals surface area contributed by atoms with E-state index in [-0.39, 0.29) is 11.8 Å². The number of amides is 2. The summed E-state index contributed by atoms with van der Waals surface area (Å²) >= 11 is 6.13. The van der Waals surface area contributed by atoms with Crippen molar-refractivity contribution >= 4 is 29.1 Å². The molecule has 0 spiro atoms. The van der Waals surface area contributed by atoms with Crippen LogP contribution < -0.4 is 4.90 Å². The number of carbonyl (C=O) groups is 2. The number of piperidine rings is 1. The highest BCUT2D eigenvalue weighted by atomic mass is 35.5. The lowest BCUT2D eigenvalue weighted by Crippen LogP contribution is -2.45. The van der Waals surface area contributed by atoms with Crippen molar-refractivity contribution in [2.75, 3.05) is 24.5 Å². The monoisotopic (exact) mass is 432 g/mol. The molecule has 0 saturated carbocycles. The molecule has 0 unspecified atom stereocenters. The third-order valence-electron chi connectivity index (χ3n) is 5.98.